The van der Waals surface area contributed by atoms with Crippen LogP contribution in [-0.2, 0) is 0 Å². The summed E-state index contributed by atoms with van der Waals surface area (Å²) in [6.07, 6.45) is 0. The molecule has 16 heavy (non-hydrogen) atoms. The summed E-state index contributed by atoms with van der Waals surface area (Å²) in [6, 6.07) is 7.02. The van der Waals surface area contributed by atoms with Crippen LogP contribution in [-0.4, -0.2) is 16.3 Å². The van der Waals surface area contributed by atoms with Crippen LogP contribution in [0.25, 0.3) is 0 Å². The Morgan fingerprint density at radius 1 is 1.44 bits per heavy atom. The molecule has 0 aliphatic heterocycles. The summed E-state index contributed by atoms with van der Waals surface area (Å²) in [6.45, 7) is 5.91. The van der Waals surface area contributed by atoms with Gasteiger partial charge in [-0.2, -0.15) is 0 Å². The molecular weight excluding hydrogens is 289 g/mol. The quantitative estimate of drug-likeness (QED) is 0.849. The normalized spacial score (nSPS) is 13.3. The highest BCUT2D eigenvalue weighted by atomic mass is 79.9. The number of rotatable bonds is 3. The van der Waals surface area contributed by atoms with Gasteiger partial charge in [0.25, 0.3) is 5.91 Å². The van der Waals surface area contributed by atoms with Gasteiger partial charge in [0, 0.05) is 10.4 Å². The molecule has 1 N–H and O–H groups in total. The predicted octanol–water partition coefficient (Wildman–Crippen LogP) is 3.63. The van der Waals surface area contributed by atoms with Gasteiger partial charge in [-0.15, -0.1) is 0 Å². The Bertz CT molecular complexity index is 390. The molecule has 0 saturated carbocycles. The maximum atomic E-state index is 12.0. The van der Waals surface area contributed by atoms with Gasteiger partial charge in [0.05, 0.1) is 10.6 Å². The van der Waals surface area contributed by atoms with E-state index in [9.17, 15) is 4.79 Å². The van der Waals surface area contributed by atoms with Gasteiger partial charge in [0.15, 0.2) is 0 Å². The minimum Gasteiger partial charge on any atom is -0.346 e. The van der Waals surface area contributed by atoms with Crippen LogP contribution in [0.4, 0.5) is 0 Å². The lowest BCUT2D eigenvalue weighted by Crippen LogP contribution is -2.48. The van der Waals surface area contributed by atoms with Crippen LogP contribution in [0.5, 0.6) is 0 Å². The fraction of sp³-hybridized carbons (Fsp3) is 0.417. The van der Waals surface area contributed by atoms with Crippen molar-refractivity contribution in [3.63, 3.8) is 0 Å². The van der Waals surface area contributed by atoms with Gasteiger partial charge in [0.2, 0.25) is 0 Å². The molecule has 0 aliphatic rings. The van der Waals surface area contributed by atoms with E-state index in [0.717, 1.165) is 0 Å². The largest absolute Gasteiger partial charge is 0.346 e. The zero-order chi connectivity index (χ0) is 12.3. The lowest BCUT2D eigenvalue weighted by atomic mass is 10.0. The highest BCUT2D eigenvalue weighted by molar-refractivity contribution is 9.09. The molecule has 0 spiro atoms. The Morgan fingerprint density at radius 2 is 2.00 bits per heavy atom. The molecule has 0 radical (unpaired) electrons. The smallest absolute Gasteiger partial charge is 0.253 e. The minimum atomic E-state index is -0.323. The van der Waals surface area contributed by atoms with E-state index >= 15 is 0 Å². The van der Waals surface area contributed by atoms with E-state index in [4.69, 9.17) is 11.6 Å². The lowest BCUT2D eigenvalue weighted by Gasteiger charge is -2.29. The van der Waals surface area contributed by atoms with Crippen LogP contribution in [0.1, 0.15) is 31.1 Å². The third kappa shape index (κ3) is 3.22. The molecule has 0 bridgehead atoms. The van der Waals surface area contributed by atoms with Gasteiger partial charge >= 0.3 is 0 Å². The average Bonchev–Trinajstić information content (AvgIpc) is 2.17. The number of benzene rings is 1. The third-order valence-corrected chi connectivity index (χ3v) is 4.02. The van der Waals surface area contributed by atoms with E-state index in [0.29, 0.717) is 10.6 Å². The number of amides is 1. The molecule has 1 unspecified atom stereocenters. The van der Waals surface area contributed by atoms with Crippen LogP contribution in [0.2, 0.25) is 5.02 Å². The topological polar surface area (TPSA) is 29.1 Å². The summed E-state index contributed by atoms with van der Waals surface area (Å²) in [5.41, 5.74) is 0.182. The first-order chi connectivity index (χ1) is 7.34. The monoisotopic (exact) mass is 303 g/mol. The Balaban J connectivity index is 2.85. The number of hydrogen-bond donors (Lipinski definition) is 1. The molecule has 1 rings (SSSR count). The highest BCUT2D eigenvalue weighted by Crippen LogP contribution is 2.20. The van der Waals surface area contributed by atoms with Crippen molar-refractivity contribution in [2.24, 2.45) is 0 Å². The van der Waals surface area contributed by atoms with Gasteiger partial charge in [-0.3, -0.25) is 4.79 Å². The molecule has 88 valence electrons. The van der Waals surface area contributed by atoms with Gasteiger partial charge < -0.3 is 5.32 Å². The van der Waals surface area contributed by atoms with E-state index in [-0.39, 0.29) is 16.3 Å². The van der Waals surface area contributed by atoms with Gasteiger partial charge in [-0.25, -0.2) is 0 Å². The van der Waals surface area contributed by atoms with Crippen molar-refractivity contribution >= 4 is 33.4 Å². The summed E-state index contributed by atoms with van der Waals surface area (Å²) in [7, 11) is 0. The molecule has 0 heterocycles. The molecule has 0 aromatic heterocycles. The van der Waals surface area contributed by atoms with E-state index in [2.05, 4.69) is 21.2 Å². The van der Waals surface area contributed by atoms with Crippen molar-refractivity contribution in [1.82, 2.24) is 5.32 Å². The Labute approximate surface area is 110 Å². The second-order valence-electron chi connectivity index (χ2n) is 4.27. The standard InChI is InChI=1S/C12H15BrClNO/c1-8(13)12(2,3)15-11(16)9-6-4-5-7-10(9)14/h4-8H,1-3H3,(H,15,16). The molecule has 4 heteroatoms. The van der Waals surface area contributed by atoms with E-state index < -0.39 is 0 Å². The Hall–Kier alpha value is -0.540. The molecule has 2 nitrogen and oxygen atoms in total. The van der Waals surface area contributed by atoms with Crippen LogP contribution in [0.15, 0.2) is 24.3 Å². The summed E-state index contributed by atoms with van der Waals surface area (Å²) in [5, 5.41) is 3.41. The molecular formula is C12H15BrClNO. The summed E-state index contributed by atoms with van der Waals surface area (Å²) in [5.74, 6) is -0.151. The van der Waals surface area contributed by atoms with Gasteiger partial charge in [-0.05, 0) is 26.0 Å². The Kier molecular flexibility index (Phi) is 4.39. The number of nitrogens with one attached hydrogen (secondary N) is 1. The van der Waals surface area contributed by atoms with Crippen LogP contribution in [0, 0.1) is 0 Å². The first kappa shape index (κ1) is 13.5. The summed E-state index contributed by atoms with van der Waals surface area (Å²) in [4.78, 5) is 12.1. The highest BCUT2D eigenvalue weighted by Gasteiger charge is 2.26. The van der Waals surface area contributed by atoms with Crippen LogP contribution >= 0.6 is 27.5 Å². The number of hydrogen-bond acceptors (Lipinski definition) is 1. The number of carbonyl (C=O) groups is 1. The molecule has 0 fully saturated rings. The first-order valence-electron chi connectivity index (χ1n) is 5.05. The third-order valence-electron chi connectivity index (χ3n) is 2.55. The second kappa shape index (κ2) is 5.19. The van der Waals surface area contributed by atoms with E-state index in [1.165, 1.54) is 0 Å². The van der Waals surface area contributed by atoms with Crippen LogP contribution < -0.4 is 5.32 Å². The predicted molar refractivity (Wildman–Crippen MR) is 71.4 cm³/mol. The average molecular weight is 305 g/mol. The number of halogens is 2. The maximum Gasteiger partial charge on any atom is 0.253 e. The Morgan fingerprint density at radius 3 is 2.50 bits per heavy atom. The van der Waals surface area contributed by atoms with Crippen molar-refractivity contribution in [2.45, 2.75) is 31.1 Å². The van der Waals surface area contributed by atoms with Crippen molar-refractivity contribution in [3.05, 3.63) is 34.9 Å². The van der Waals surface area contributed by atoms with Crippen molar-refractivity contribution in [3.8, 4) is 0 Å². The van der Waals surface area contributed by atoms with Gasteiger partial charge in [-0.1, -0.05) is 46.6 Å². The molecule has 0 aliphatic carbocycles. The van der Waals surface area contributed by atoms with Crippen molar-refractivity contribution < 1.29 is 4.79 Å². The summed E-state index contributed by atoms with van der Waals surface area (Å²) < 4.78 is 0. The fourth-order valence-electron chi connectivity index (χ4n) is 1.10. The second-order valence-corrected chi connectivity index (χ2v) is 6.05. The summed E-state index contributed by atoms with van der Waals surface area (Å²) >= 11 is 9.42. The number of alkyl halides is 1. The molecule has 0 saturated heterocycles. The molecule has 1 amide bonds. The molecule has 1 aromatic rings. The number of carbonyl (C=O) groups excluding carboxylic acids is 1. The molecule has 1 aromatic carbocycles. The van der Waals surface area contributed by atoms with E-state index in [1.54, 1.807) is 24.3 Å². The van der Waals surface area contributed by atoms with Crippen molar-refractivity contribution in [1.29, 1.82) is 0 Å². The minimum absolute atomic E-state index is 0.151. The SMILES string of the molecule is CC(Br)C(C)(C)NC(=O)c1ccccc1Cl. The molecule has 1 atom stereocenters. The lowest BCUT2D eigenvalue weighted by molar-refractivity contribution is 0.0914. The van der Waals surface area contributed by atoms with E-state index in [1.807, 2.05) is 20.8 Å². The van der Waals surface area contributed by atoms with Crippen LogP contribution in [0.3, 0.4) is 0 Å². The zero-order valence-corrected chi connectivity index (χ0v) is 11.9. The first-order valence-corrected chi connectivity index (χ1v) is 6.35. The van der Waals surface area contributed by atoms with Gasteiger partial charge in [0.1, 0.15) is 0 Å². The van der Waals surface area contributed by atoms with Crippen molar-refractivity contribution in [2.75, 3.05) is 0 Å². The maximum absolute atomic E-state index is 12.0. The zero-order valence-electron chi connectivity index (χ0n) is 9.55. The fourth-order valence-corrected chi connectivity index (χ4v) is 1.44.